The van der Waals surface area contributed by atoms with Gasteiger partial charge in [0.25, 0.3) is 0 Å². The van der Waals surface area contributed by atoms with Crippen LogP contribution in [-0.4, -0.2) is 9.97 Å². The van der Waals surface area contributed by atoms with Crippen LogP contribution in [0.2, 0.25) is 0 Å². The topological polar surface area (TPSA) is 33.0 Å². The molecule has 0 radical (unpaired) electrons. The van der Waals surface area contributed by atoms with Crippen molar-refractivity contribution in [3.63, 3.8) is 0 Å². The lowest BCUT2D eigenvalue weighted by molar-refractivity contribution is 0.964. The predicted octanol–water partition coefficient (Wildman–Crippen LogP) is 2.54. The van der Waals surface area contributed by atoms with Crippen molar-refractivity contribution in [2.75, 3.05) is 0 Å². The van der Waals surface area contributed by atoms with Crippen LogP contribution in [0.1, 0.15) is 18.5 Å². The van der Waals surface area contributed by atoms with E-state index in [1.165, 1.54) is 0 Å². The molecule has 1 N–H and O–H groups in total. The molecule has 13 heavy (non-hydrogen) atoms. The third kappa shape index (κ3) is 1.27. The van der Waals surface area contributed by atoms with Crippen molar-refractivity contribution in [2.24, 2.45) is 0 Å². The van der Waals surface area contributed by atoms with Crippen molar-refractivity contribution in [2.45, 2.75) is 13.0 Å². The van der Waals surface area contributed by atoms with E-state index in [0.717, 1.165) is 16.6 Å². The van der Waals surface area contributed by atoms with Gasteiger partial charge in [-0.1, -0.05) is 0 Å². The molecule has 3 nitrogen and oxygen atoms in total. The number of rotatable bonds is 1. The van der Waals surface area contributed by atoms with Crippen molar-refractivity contribution in [1.82, 2.24) is 9.97 Å². The summed E-state index contributed by atoms with van der Waals surface area (Å²) in [6.07, 6.45) is 1.66. The van der Waals surface area contributed by atoms with E-state index in [1.807, 2.05) is 25.1 Å². The Balaban J connectivity index is 2.55. The van der Waals surface area contributed by atoms with E-state index in [2.05, 4.69) is 14.8 Å². The molecule has 0 saturated heterocycles. The summed E-state index contributed by atoms with van der Waals surface area (Å²) < 4.78 is 0. The third-order valence-corrected chi connectivity index (χ3v) is 2.12. The largest absolute Gasteiger partial charge is 0.345 e. The molecule has 64 valence electrons. The van der Waals surface area contributed by atoms with E-state index in [9.17, 15) is 0 Å². The zero-order chi connectivity index (χ0) is 9.26. The molecular weight excluding hydrogens is 162 g/mol. The van der Waals surface area contributed by atoms with Gasteiger partial charge in [0.05, 0.1) is 17.4 Å². The Morgan fingerprint density at radius 1 is 1.54 bits per heavy atom. The van der Waals surface area contributed by atoms with Crippen molar-refractivity contribution in [3.8, 4) is 0 Å². The van der Waals surface area contributed by atoms with Gasteiger partial charge in [-0.05, 0) is 18.2 Å². The van der Waals surface area contributed by atoms with Crippen LogP contribution in [0.5, 0.6) is 0 Å². The normalized spacial score (nSPS) is 12.6. The number of benzene rings is 1. The molecule has 1 heterocycles. The van der Waals surface area contributed by atoms with Crippen molar-refractivity contribution < 1.29 is 0 Å². The number of nitrogens with zero attached hydrogens (tertiary/aromatic N) is 2. The molecule has 0 aliphatic carbocycles. The second kappa shape index (κ2) is 2.91. The molecule has 0 spiro atoms. The average Bonchev–Trinajstić information content (AvgIpc) is 2.63. The predicted molar refractivity (Wildman–Crippen MR) is 51.1 cm³/mol. The minimum absolute atomic E-state index is 0.0762. The van der Waals surface area contributed by atoms with Gasteiger partial charge < -0.3 is 9.83 Å². The van der Waals surface area contributed by atoms with E-state index in [1.54, 1.807) is 6.33 Å². The molecule has 2 aromatic rings. The van der Waals surface area contributed by atoms with Gasteiger partial charge in [0.1, 0.15) is 0 Å². The summed E-state index contributed by atoms with van der Waals surface area (Å²) in [4.78, 5) is 10.6. The molecule has 0 saturated carbocycles. The summed E-state index contributed by atoms with van der Waals surface area (Å²) in [6, 6.07) is 5.78. The van der Waals surface area contributed by atoms with Gasteiger partial charge in [0.2, 0.25) is 6.04 Å². The quantitative estimate of drug-likeness (QED) is 0.657. The van der Waals surface area contributed by atoms with Crippen LogP contribution < -0.4 is 0 Å². The van der Waals surface area contributed by atoms with Crippen molar-refractivity contribution >= 4 is 11.0 Å². The smallest absolute Gasteiger partial charge is 0.246 e. The highest BCUT2D eigenvalue weighted by Gasteiger charge is 2.08. The molecular formula is C10H9N3. The fraction of sp³-hybridized carbons (Fsp3) is 0.200. The van der Waals surface area contributed by atoms with Crippen LogP contribution in [0.25, 0.3) is 15.9 Å². The van der Waals surface area contributed by atoms with E-state index in [4.69, 9.17) is 6.57 Å². The Morgan fingerprint density at radius 2 is 2.38 bits per heavy atom. The summed E-state index contributed by atoms with van der Waals surface area (Å²) in [5, 5.41) is 0. The second-order valence-electron chi connectivity index (χ2n) is 2.98. The monoisotopic (exact) mass is 171 g/mol. The molecule has 3 heteroatoms. The maximum Gasteiger partial charge on any atom is 0.246 e. The number of nitrogens with one attached hydrogen (secondary N) is 1. The first kappa shape index (κ1) is 7.81. The summed E-state index contributed by atoms with van der Waals surface area (Å²) in [5.74, 6) is 0. The van der Waals surface area contributed by atoms with Crippen molar-refractivity contribution in [3.05, 3.63) is 41.5 Å². The number of H-pyrrole nitrogens is 1. The number of aromatic nitrogens is 2. The number of aromatic amines is 1. The maximum absolute atomic E-state index is 6.92. The first-order valence-electron chi connectivity index (χ1n) is 4.11. The van der Waals surface area contributed by atoms with E-state index in [0.29, 0.717) is 0 Å². The summed E-state index contributed by atoms with van der Waals surface area (Å²) in [6.45, 7) is 8.81. The Hall–Kier alpha value is -1.82. The molecule has 0 aliphatic heterocycles. The Bertz CT molecular complexity index is 464. The summed E-state index contributed by atoms with van der Waals surface area (Å²) in [5.41, 5.74) is 2.97. The summed E-state index contributed by atoms with van der Waals surface area (Å²) >= 11 is 0. The zero-order valence-corrected chi connectivity index (χ0v) is 7.28. The molecule has 1 unspecified atom stereocenters. The number of imidazole rings is 1. The van der Waals surface area contributed by atoms with Crippen molar-refractivity contribution in [1.29, 1.82) is 0 Å². The van der Waals surface area contributed by atoms with E-state index >= 15 is 0 Å². The molecule has 0 fully saturated rings. The lowest BCUT2D eigenvalue weighted by atomic mass is 10.1. The fourth-order valence-corrected chi connectivity index (χ4v) is 1.29. The lowest BCUT2D eigenvalue weighted by Gasteiger charge is -1.98. The SMILES string of the molecule is [C-]#[N+]C(C)c1ccc2nc[nH]c2c1. The van der Waals surface area contributed by atoms with Crippen LogP contribution in [-0.2, 0) is 0 Å². The number of hydrogen-bond donors (Lipinski definition) is 1. The fourth-order valence-electron chi connectivity index (χ4n) is 1.29. The zero-order valence-electron chi connectivity index (χ0n) is 7.28. The molecule has 0 bridgehead atoms. The minimum atomic E-state index is -0.0762. The Labute approximate surface area is 76.2 Å². The highest BCUT2D eigenvalue weighted by molar-refractivity contribution is 5.75. The Morgan fingerprint density at radius 3 is 3.15 bits per heavy atom. The summed E-state index contributed by atoms with van der Waals surface area (Å²) in [7, 11) is 0. The molecule has 1 aromatic heterocycles. The third-order valence-electron chi connectivity index (χ3n) is 2.12. The number of hydrogen-bond acceptors (Lipinski definition) is 1. The molecule has 1 atom stereocenters. The van der Waals surface area contributed by atoms with Gasteiger partial charge in [0.15, 0.2) is 0 Å². The molecule has 0 amide bonds. The standard InChI is InChI=1S/C10H9N3/c1-7(11-2)8-3-4-9-10(5-8)13-6-12-9/h3-7H,1H3,(H,12,13). The van der Waals surface area contributed by atoms with Crippen LogP contribution in [0.15, 0.2) is 24.5 Å². The Kier molecular flexibility index (Phi) is 1.75. The lowest BCUT2D eigenvalue weighted by Crippen LogP contribution is -1.85. The molecule has 1 aromatic carbocycles. The molecule has 2 rings (SSSR count). The van der Waals surface area contributed by atoms with Gasteiger partial charge in [-0.15, -0.1) is 0 Å². The highest BCUT2D eigenvalue weighted by Crippen LogP contribution is 2.20. The highest BCUT2D eigenvalue weighted by atomic mass is 14.9. The van der Waals surface area contributed by atoms with Gasteiger partial charge >= 0.3 is 0 Å². The minimum Gasteiger partial charge on any atom is -0.345 e. The average molecular weight is 171 g/mol. The van der Waals surface area contributed by atoms with Crippen LogP contribution in [0.4, 0.5) is 0 Å². The van der Waals surface area contributed by atoms with Crippen LogP contribution in [0, 0.1) is 6.57 Å². The van der Waals surface area contributed by atoms with Crippen LogP contribution >= 0.6 is 0 Å². The van der Waals surface area contributed by atoms with E-state index < -0.39 is 0 Å². The maximum atomic E-state index is 6.92. The first-order chi connectivity index (χ1) is 6.31. The second-order valence-corrected chi connectivity index (χ2v) is 2.98. The molecule has 0 aliphatic rings. The van der Waals surface area contributed by atoms with E-state index in [-0.39, 0.29) is 6.04 Å². The van der Waals surface area contributed by atoms with Gasteiger partial charge in [-0.3, -0.25) is 0 Å². The van der Waals surface area contributed by atoms with Gasteiger partial charge in [0, 0.05) is 12.5 Å². The number of fused-ring (bicyclic) bond motifs is 1. The van der Waals surface area contributed by atoms with Gasteiger partial charge in [-0.25, -0.2) is 11.6 Å². The van der Waals surface area contributed by atoms with Gasteiger partial charge in [-0.2, -0.15) is 0 Å². The van der Waals surface area contributed by atoms with Crippen LogP contribution in [0.3, 0.4) is 0 Å². The first-order valence-corrected chi connectivity index (χ1v) is 4.11.